The molecular formula is C8H10N2O4S. The Morgan fingerprint density at radius 3 is 2.73 bits per heavy atom. The summed E-state index contributed by atoms with van der Waals surface area (Å²) < 4.78 is 0. The van der Waals surface area contributed by atoms with Crippen LogP contribution in [0.25, 0.3) is 0 Å². The third kappa shape index (κ3) is 1.46. The molecule has 2 saturated heterocycles. The number of nitrogens with zero attached hydrogens (tertiary/aromatic N) is 1. The average molecular weight is 230 g/mol. The first-order chi connectivity index (χ1) is 6.94. The molecular weight excluding hydrogens is 220 g/mol. The van der Waals surface area contributed by atoms with Gasteiger partial charge in [0.05, 0.1) is 18.3 Å². The van der Waals surface area contributed by atoms with Gasteiger partial charge in [0.15, 0.2) is 0 Å². The summed E-state index contributed by atoms with van der Waals surface area (Å²) in [4.78, 5) is 33.3. The highest BCUT2D eigenvalue weighted by atomic mass is 32.2. The first-order valence-electron chi connectivity index (χ1n) is 4.44. The van der Waals surface area contributed by atoms with Gasteiger partial charge in [-0.1, -0.05) is 11.8 Å². The molecule has 2 aliphatic heterocycles. The van der Waals surface area contributed by atoms with Crippen molar-refractivity contribution in [3.05, 3.63) is 0 Å². The molecule has 82 valence electrons. The zero-order valence-electron chi connectivity index (χ0n) is 8.02. The second-order valence-electron chi connectivity index (χ2n) is 3.61. The van der Waals surface area contributed by atoms with Crippen molar-refractivity contribution in [2.75, 3.05) is 6.54 Å². The first-order valence-corrected chi connectivity index (χ1v) is 5.32. The molecule has 1 unspecified atom stereocenters. The number of fused-ring (bicyclic) bond motifs is 1. The zero-order valence-corrected chi connectivity index (χ0v) is 8.84. The van der Waals surface area contributed by atoms with Crippen LogP contribution in [0.3, 0.4) is 0 Å². The van der Waals surface area contributed by atoms with E-state index in [-0.39, 0.29) is 17.8 Å². The van der Waals surface area contributed by atoms with Gasteiger partial charge in [-0.15, -0.1) is 0 Å². The number of carboxylic acids is 1. The Morgan fingerprint density at radius 2 is 2.33 bits per heavy atom. The molecule has 15 heavy (non-hydrogen) atoms. The van der Waals surface area contributed by atoms with Crippen LogP contribution in [0, 0.1) is 0 Å². The molecule has 2 aliphatic rings. The summed E-state index contributed by atoms with van der Waals surface area (Å²) in [6, 6.07) is 0. The van der Waals surface area contributed by atoms with Gasteiger partial charge in [0.2, 0.25) is 16.7 Å². The molecule has 0 bridgehead atoms. The molecule has 2 heterocycles. The predicted octanol–water partition coefficient (Wildman–Crippen LogP) is -0.791. The van der Waals surface area contributed by atoms with Crippen molar-refractivity contribution in [2.45, 2.75) is 23.6 Å². The van der Waals surface area contributed by atoms with Crippen molar-refractivity contribution in [1.29, 1.82) is 0 Å². The smallest absolute Gasteiger partial charge is 0.342 e. The summed E-state index contributed by atoms with van der Waals surface area (Å²) in [5.41, 5.74) is 0. The Morgan fingerprint density at radius 1 is 1.67 bits per heavy atom. The van der Waals surface area contributed by atoms with Crippen LogP contribution in [0.15, 0.2) is 0 Å². The highest BCUT2D eigenvalue weighted by Gasteiger charge is 2.57. The quantitative estimate of drug-likeness (QED) is 0.607. The van der Waals surface area contributed by atoms with Gasteiger partial charge in [0.25, 0.3) is 0 Å². The highest BCUT2D eigenvalue weighted by molar-refractivity contribution is 8.02. The Labute approximate surface area is 90.0 Å². The van der Waals surface area contributed by atoms with Gasteiger partial charge in [-0.3, -0.25) is 9.59 Å². The van der Waals surface area contributed by atoms with Crippen LogP contribution in [-0.4, -0.2) is 44.6 Å². The lowest BCUT2D eigenvalue weighted by Gasteiger charge is -2.32. The maximum atomic E-state index is 11.1. The number of hydrogen-bond acceptors (Lipinski definition) is 4. The molecule has 6 nitrogen and oxygen atoms in total. The number of nitrogens with one attached hydrogen (secondary N) is 1. The Hall–Kier alpha value is -1.24. The second-order valence-corrected chi connectivity index (χ2v) is 5.09. The largest absolute Gasteiger partial charge is 0.479 e. The van der Waals surface area contributed by atoms with E-state index in [4.69, 9.17) is 5.11 Å². The SMILES string of the molecule is CC(=O)NC1(C(=O)O)CN2C(=O)C[C@H]2S1. The van der Waals surface area contributed by atoms with Crippen LogP contribution in [0.4, 0.5) is 0 Å². The molecule has 0 aliphatic carbocycles. The van der Waals surface area contributed by atoms with E-state index in [1.165, 1.54) is 11.8 Å². The van der Waals surface area contributed by atoms with Gasteiger partial charge in [-0.25, -0.2) is 4.79 Å². The molecule has 0 aromatic carbocycles. The molecule has 0 spiro atoms. The lowest BCUT2D eigenvalue weighted by molar-refractivity contribution is -0.146. The number of rotatable bonds is 2. The van der Waals surface area contributed by atoms with Gasteiger partial charge in [-0.05, 0) is 0 Å². The maximum absolute atomic E-state index is 11.1. The van der Waals surface area contributed by atoms with E-state index in [2.05, 4.69) is 5.32 Å². The van der Waals surface area contributed by atoms with Crippen molar-refractivity contribution in [3.63, 3.8) is 0 Å². The van der Waals surface area contributed by atoms with Gasteiger partial charge in [-0.2, -0.15) is 0 Å². The number of hydrogen-bond donors (Lipinski definition) is 2. The molecule has 0 radical (unpaired) electrons. The number of thioether (sulfide) groups is 1. The van der Waals surface area contributed by atoms with Crippen LogP contribution >= 0.6 is 11.8 Å². The predicted molar refractivity (Wildman–Crippen MR) is 51.9 cm³/mol. The lowest BCUT2D eigenvalue weighted by Crippen LogP contribution is -2.55. The minimum Gasteiger partial charge on any atom is -0.479 e. The maximum Gasteiger partial charge on any atom is 0.342 e. The third-order valence-corrected chi connectivity index (χ3v) is 3.97. The molecule has 0 saturated carbocycles. The van der Waals surface area contributed by atoms with Crippen molar-refractivity contribution in [1.82, 2.24) is 10.2 Å². The van der Waals surface area contributed by atoms with Crippen LogP contribution in [0.2, 0.25) is 0 Å². The topological polar surface area (TPSA) is 86.7 Å². The lowest BCUT2D eigenvalue weighted by atomic mass is 10.1. The fourth-order valence-corrected chi connectivity index (χ4v) is 3.28. The first kappa shape index (κ1) is 10.3. The number of aliphatic carboxylic acids is 1. The summed E-state index contributed by atoms with van der Waals surface area (Å²) in [5, 5.41) is 11.4. The fraction of sp³-hybridized carbons (Fsp3) is 0.625. The highest BCUT2D eigenvalue weighted by Crippen LogP contribution is 2.45. The number of carbonyl (C=O) groups excluding carboxylic acids is 2. The minimum atomic E-state index is -1.36. The van der Waals surface area contributed by atoms with Crippen LogP contribution in [0.1, 0.15) is 13.3 Å². The zero-order chi connectivity index (χ0) is 11.2. The third-order valence-electron chi connectivity index (χ3n) is 2.47. The van der Waals surface area contributed by atoms with Gasteiger partial charge >= 0.3 is 5.97 Å². The standard InChI is InChI=1S/C8H10N2O4S/c1-4(11)9-8(7(13)14)3-10-5(12)2-6(10)15-8/h6H,2-3H2,1H3,(H,9,11)(H,13,14)/t6-,8?/m1/s1. The van der Waals surface area contributed by atoms with E-state index >= 15 is 0 Å². The Kier molecular flexibility index (Phi) is 2.14. The van der Waals surface area contributed by atoms with Gasteiger partial charge < -0.3 is 15.3 Å². The average Bonchev–Trinajstić information content (AvgIpc) is 2.39. The number of amides is 2. The van der Waals surface area contributed by atoms with Gasteiger partial charge in [0, 0.05) is 6.92 Å². The Balaban J connectivity index is 2.19. The number of carboxylic acid groups (broad SMARTS) is 1. The molecule has 2 rings (SSSR count). The molecule has 7 heteroatoms. The monoisotopic (exact) mass is 230 g/mol. The fourth-order valence-electron chi connectivity index (χ4n) is 1.75. The second kappa shape index (κ2) is 3.13. The van der Waals surface area contributed by atoms with E-state index in [1.54, 1.807) is 0 Å². The van der Waals surface area contributed by atoms with Crippen LogP contribution in [-0.2, 0) is 14.4 Å². The molecule has 0 aromatic rings. The van der Waals surface area contributed by atoms with Gasteiger partial charge in [0.1, 0.15) is 0 Å². The van der Waals surface area contributed by atoms with E-state index in [1.807, 2.05) is 0 Å². The van der Waals surface area contributed by atoms with E-state index in [9.17, 15) is 14.4 Å². The normalized spacial score (nSPS) is 33.3. The Bertz CT molecular complexity index is 359. The summed E-state index contributed by atoms with van der Waals surface area (Å²) in [6.07, 6.45) is 0.360. The molecule has 0 aromatic heterocycles. The van der Waals surface area contributed by atoms with Crippen molar-refractivity contribution < 1.29 is 19.5 Å². The van der Waals surface area contributed by atoms with E-state index in [0.29, 0.717) is 6.42 Å². The van der Waals surface area contributed by atoms with Crippen LogP contribution in [0.5, 0.6) is 0 Å². The van der Waals surface area contributed by atoms with E-state index < -0.39 is 16.7 Å². The molecule has 2 amide bonds. The van der Waals surface area contributed by atoms with Crippen molar-refractivity contribution in [3.8, 4) is 0 Å². The van der Waals surface area contributed by atoms with E-state index in [0.717, 1.165) is 11.8 Å². The summed E-state index contributed by atoms with van der Waals surface area (Å²) in [7, 11) is 0. The number of carbonyl (C=O) groups is 3. The summed E-state index contributed by atoms with van der Waals surface area (Å²) in [6.45, 7) is 1.32. The van der Waals surface area contributed by atoms with Crippen molar-refractivity contribution >= 4 is 29.5 Å². The molecule has 2 fully saturated rings. The summed E-state index contributed by atoms with van der Waals surface area (Å²) >= 11 is 1.12. The number of β-lactam (4-membered cyclic amide) rings is 1. The molecule has 2 atom stereocenters. The van der Waals surface area contributed by atoms with Crippen molar-refractivity contribution in [2.24, 2.45) is 0 Å². The summed E-state index contributed by atoms with van der Waals surface area (Å²) in [5.74, 6) is -1.56. The van der Waals surface area contributed by atoms with Crippen LogP contribution < -0.4 is 5.32 Å². The minimum absolute atomic E-state index is 0.0517. The molecule has 2 N–H and O–H groups in total.